The summed E-state index contributed by atoms with van der Waals surface area (Å²) in [7, 11) is 1.45. The smallest absolute Gasteiger partial charge is 0.410 e. The fourth-order valence-electron chi connectivity index (χ4n) is 3.97. The van der Waals surface area contributed by atoms with Gasteiger partial charge in [0.15, 0.2) is 0 Å². The average molecular weight is 402 g/mol. The third-order valence-corrected chi connectivity index (χ3v) is 5.48. The molecule has 7 nitrogen and oxygen atoms in total. The molecule has 0 aromatic rings. The molecule has 1 saturated heterocycles. The molecule has 28 heavy (non-hydrogen) atoms. The van der Waals surface area contributed by atoms with Crippen LogP contribution in [0.3, 0.4) is 0 Å². The first-order chi connectivity index (χ1) is 12.9. The van der Waals surface area contributed by atoms with E-state index in [1.807, 2.05) is 20.8 Å². The van der Waals surface area contributed by atoms with E-state index in [2.05, 4.69) is 13.8 Å². The summed E-state index contributed by atoms with van der Waals surface area (Å²) in [6, 6.07) is -0.958. The van der Waals surface area contributed by atoms with Gasteiger partial charge in [-0.2, -0.15) is 0 Å². The average Bonchev–Trinajstić information content (AvgIpc) is 2.61. The van der Waals surface area contributed by atoms with Crippen LogP contribution in [0.2, 0.25) is 0 Å². The molecule has 0 aromatic carbocycles. The van der Waals surface area contributed by atoms with Crippen LogP contribution in [0.25, 0.3) is 0 Å². The number of nitrogens with zero attached hydrogens (tertiary/aromatic N) is 1. The largest absolute Gasteiger partial charge is 0.465 e. The number of cyclic esters (lactones) is 1. The Hall–Kier alpha value is -1.34. The van der Waals surface area contributed by atoms with Crippen molar-refractivity contribution in [2.45, 2.75) is 98.1 Å². The zero-order valence-corrected chi connectivity index (χ0v) is 18.5. The summed E-state index contributed by atoms with van der Waals surface area (Å²) in [6.45, 7) is 11.6. The lowest BCUT2D eigenvalue weighted by molar-refractivity contribution is -0.169. The second kappa shape index (κ2) is 10.4. The van der Waals surface area contributed by atoms with E-state index in [1.165, 1.54) is 7.11 Å². The number of carbonyl (C=O) groups excluding carboxylic acids is 1. The standard InChI is InChI=1S/C21H39NO6/c1-13(2)11-12-15-9-8-10-16(18(24)28-14(3)17(15)23)22(20(25)26)19(27-7)21(4,5)6/h13-17,19,23H,8-12H2,1-7H3,(H,25,26)/t14-,15+,16-,17-,19?/m0/s1. The predicted molar refractivity (Wildman–Crippen MR) is 107 cm³/mol. The van der Waals surface area contributed by atoms with Gasteiger partial charge >= 0.3 is 12.1 Å². The molecular weight excluding hydrogens is 362 g/mol. The Labute approximate surface area is 169 Å². The predicted octanol–water partition coefficient (Wildman–Crippen LogP) is 3.88. The minimum atomic E-state index is -1.22. The summed E-state index contributed by atoms with van der Waals surface area (Å²) in [6.07, 6.45) is 0.117. The maximum Gasteiger partial charge on any atom is 0.410 e. The summed E-state index contributed by atoms with van der Waals surface area (Å²) < 4.78 is 11.0. The van der Waals surface area contributed by atoms with Gasteiger partial charge in [-0.1, -0.05) is 47.5 Å². The monoisotopic (exact) mass is 401 g/mol. The lowest BCUT2D eigenvalue weighted by atomic mass is 9.86. The fraction of sp³-hybridized carbons (Fsp3) is 0.905. The van der Waals surface area contributed by atoms with Crippen molar-refractivity contribution in [3.8, 4) is 0 Å². The molecule has 164 valence electrons. The molecule has 0 aliphatic carbocycles. The van der Waals surface area contributed by atoms with E-state index in [-0.39, 0.29) is 5.92 Å². The Bertz CT molecular complexity index is 516. The Kier molecular flexibility index (Phi) is 9.21. The number of carbonyl (C=O) groups is 2. The summed E-state index contributed by atoms with van der Waals surface area (Å²) in [5.74, 6) is -0.0602. The van der Waals surface area contributed by atoms with Crippen molar-refractivity contribution in [1.82, 2.24) is 4.90 Å². The van der Waals surface area contributed by atoms with Crippen LogP contribution in [0.1, 0.15) is 73.6 Å². The molecule has 1 unspecified atom stereocenters. The van der Waals surface area contributed by atoms with Crippen molar-refractivity contribution in [3.05, 3.63) is 0 Å². The quantitative estimate of drug-likeness (QED) is 0.518. The molecule has 1 fully saturated rings. The maximum atomic E-state index is 12.8. The Morgan fingerprint density at radius 2 is 1.93 bits per heavy atom. The van der Waals surface area contributed by atoms with E-state index < -0.39 is 42.0 Å². The highest BCUT2D eigenvalue weighted by atomic mass is 16.6. The highest BCUT2D eigenvalue weighted by molar-refractivity contribution is 5.81. The zero-order valence-electron chi connectivity index (χ0n) is 18.5. The van der Waals surface area contributed by atoms with Gasteiger partial charge in [0.05, 0.1) is 6.10 Å². The van der Waals surface area contributed by atoms with E-state index in [0.29, 0.717) is 18.8 Å². The van der Waals surface area contributed by atoms with Crippen molar-refractivity contribution in [2.24, 2.45) is 17.3 Å². The van der Waals surface area contributed by atoms with Crippen LogP contribution in [0.4, 0.5) is 4.79 Å². The topological polar surface area (TPSA) is 96.3 Å². The number of amides is 1. The van der Waals surface area contributed by atoms with Gasteiger partial charge in [0.1, 0.15) is 18.4 Å². The third-order valence-electron chi connectivity index (χ3n) is 5.48. The molecule has 1 heterocycles. The Morgan fingerprint density at radius 3 is 2.39 bits per heavy atom. The molecule has 5 atom stereocenters. The van der Waals surface area contributed by atoms with E-state index >= 15 is 0 Å². The van der Waals surface area contributed by atoms with Crippen molar-refractivity contribution < 1.29 is 29.3 Å². The molecule has 0 saturated carbocycles. The first kappa shape index (κ1) is 24.7. The molecule has 0 spiro atoms. The van der Waals surface area contributed by atoms with Crippen LogP contribution < -0.4 is 0 Å². The van der Waals surface area contributed by atoms with Crippen molar-refractivity contribution >= 4 is 12.1 Å². The minimum absolute atomic E-state index is 0.0306. The fourth-order valence-corrected chi connectivity index (χ4v) is 3.97. The molecule has 0 bridgehead atoms. The lowest BCUT2D eigenvalue weighted by Crippen LogP contribution is -2.56. The molecular formula is C21H39NO6. The van der Waals surface area contributed by atoms with Crippen LogP contribution in [-0.2, 0) is 14.3 Å². The number of aliphatic hydroxyl groups is 1. The van der Waals surface area contributed by atoms with Crippen LogP contribution in [0.15, 0.2) is 0 Å². The van der Waals surface area contributed by atoms with Gasteiger partial charge in [-0.3, -0.25) is 4.90 Å². The Balaban J connectivity index is 3.10. The Morgan fingerprint density at radius 1 is 1.32 bits per heavy atom. The highest BCUT2D eigenvalue weighted by Gasteiger charge is 2.43. The van der Waals surface area contributed by atoms with Crippen molar-refractivity contribution in [3.63, 3.8) is 0 Å². The summed E-state index contributed by atoms with van der Waals surface area (Å²) >= 11 is 0. The van der Waals surface area contributed by atoms with Crippen LogP contribution in [0.5, 0.6) is 0 Å². The first-order valence-corrected chi connectivity index (χ1v) is 10.3. The van der Waals surface area contributed by atoms with Gasteiger partial charge in [-0.25, -0.2) is 9.59 Å². The molecule has 1 aliphatic heterocycles. The van der Waals surface area contributed by atoms with Gasteiger partial charge in [0, 0.05) is 12.5 Å². The number of ether oxygens (including phenoxy) is 2. The third kappa shape index (κ3) is 6.62. The summed E-state index contributed by atoms with van der Waals surface area (Å²) in [5.41, 5.74) is -0.517. The van der Waals surface area contributed by atoms with Gasteiger partial charge < -0.3 is 19.7 Å². The first-order valence-electron chi connectivity index (χ1n) is 10.3. The molecule has 1 aliphatic rings. The second-order valence-corrected chi connectivity index (χ2v) is 9.45. The van der Waals surface area contributed by atoms with E-state index in [4.69, 9.17) is 9.47 Å². The SMILES string of the molecule is COC(N(C(=O)O)[C@H]1CCC[C@H](CCC(C)C)[C@@H](O)[C@H](C)OC1=O)C(C)(C)C. The maximum absolute atomic E-state index is 12.8. The number of esters is 1. The summed E-state index contributed by atoms with van der Waals surface area (Å²) in [5, 5.41) is 20.5. The van der Waals surface area contributed by atoms with Gasteiger partial charge in [-0.05, 0) is 38.0 Å². The second-order valence-electron chi connectivity index (χ2n) is 9.45. The lowest BCUT2D eigenvalue weighted by Gasteiger charge is -2.40. The van der Waals surface area contributed by atoms with Crippen molar-refractivity contribution in [1.29, 1.82) is 0 Å². The molecule has 7 heteroatoms. The zero-order chi connectivity index (χ0) is 21.6. The van der Waals surface area contributed by atoms with Crippen LogP contribution >= 0.6 is 0 Å². The molecule has 1 amide bonds. The number of hydrogen-bond donors (Lipinski definition) is 2. The molecule has 2 N–H and O–H groups in total. The van der Waals surface area contributed by atoms with Gasteiger partial charge in [0.2, 0.25) is 0 Å². The van der Waals surface area contributed by atoms with Crippen LogP contribution in [0, 0.1) is 17.3 Å². The van der Waals surface area contributed by atoms with E-state index in [0.717, 1.165) is 24.2 Å². The number of rotatable bonds is 6. The minimum Gasteiger partial charge on any atom is -0.465 e. The van der Waals surface area contributed by atoms with Gasteiger partial charge in [-0.15, -0.1) is 0 Å². The molecule has 0 radical (unpaired) electrons. The van der Waals surface area contributed by atoms with Crippen LogP contribution in [-0.4, -0.2) is 58.8 Å². The molecule has 1 rings (SSSR count). The van der Waals surface area contributed by atoms with E-state index in [9.17, 15) is 19.8 Å². The normalized spacial score (nSPS) is 28.1. The number of methoxy groups -OCH3 is 1. The molecule has 0 aromatic heterocycles. The summed E-state index contributed by atoms with van der Waals surface area (Å²) in [4.78, 5) is 26.0. The highest BCUT2D eigenvalue weighted by Crippen LogP contribution is 2.32. The van der Waals surface area contributed by atoms with Crippen molar-refractivity contribution in [2.75, 3.05) is 7.11 Å². The number of hydrogen-bond acceptors (Lipinski definition) is 5. The van der Waals surface area contributed by atoms with E-state index in [1.54, 1.807) is 6.92 Å². The number of carboxylic acid groups (broad SMARTS) is 1. The number of aliphatic hydroxyl groups excluding tert-OH is 1. The van der Waals surface area contributed by atoms with Gasteiger partial charge in [0.25, 0.3) is 0 Å².